The summed E-state index contributed by atoms with van der Waals surface area (Å²) in [5, 5.41) is 11.5. The molecule has 0 aliphatic heterocycles. The highest BCUT2D eigenvalue weighted by atomic mass is 19.4. The highest BCUT2D eigenvalue weighted by Crippen LogP contribution is 2.25. The molecule has 8 heteroatoms. The molecule has 1 aromatic carbocycles. The maximum atomic E-state index is 12.2. The van der Waals surface area contributed by atoms with Gasteiger partial charge in [-0.1, -0.05) is 6.92 Å². The molecule has 126 valence electrons. The molecule has 0 fully saturated rings. The number of furan rings is 1. The Hall–Kier alpha value is -2.95. The fraction of sp³-hybridized carbons (Fsp3) is 0.250. The number of hydrogen-bond donors (Lipinski definition) is 1. The molecule has 0 aliphatic rings. The molecule has 1 aromatic heterocycles. The van der Waals surface area contributed by atoms with Gasteiger partial charge in [-0.25, -0.2) is 0 Å². The van der Waals surface area contributed by atoms with Gasteiger partial charge in [0.1, 0.15) is 17.6 Å². The Kier molecular flexibility index (Phi) is 5.14. The molecule has 0 saturated heterocycles. The van der Waals surface area contributed by atoms with Crippen molar-refractivity contribution >= 4 is 11.6 Å². The summed E-state index contributed by atoms with van der Waals surface area (Å²) in [6, 6.07) is 8.68. The van der Waals surface area contributed by atoms with Gasteiger partial charge in [0.15, 0.2) is 12.4 Å². The number of nitrogens with zero attached hydrogens (tertiary/aromatic N) is 1. The topological polar surface area (TPSA) is 75.3 Å². The number of alkyl halides is 3. The quantitative estimate of drug-likeness (QED) is 0.897. The normalized spacial score (nSPS) is 11.0. The maximum absolute atomic E-state index is 12.2. The first-order valence-corrected chi connectivity index (χ1v) is 6.96. The van der Waals surface area contributed by atoms with Crippen LogP contribution in [0, 0.1) is 11.3 Å². The van der Waals surface area contributed by atoms with Crippen molar-refractivity contribution in [1.82, 2.24) is 0 Å². The minimum absolute atomic E-state index is 0.0998. The van der Waals surface area contributed by atoms with E-state index in [1.165, 1.54) is 24.3 Å². The summed E-state index contributed by atoms with van der Waals surface area (Å²) >= 11 is 0. The van der Waals surface area contributed by atoms with Crippen molar-refractivity contribution in [2.24, 2.45) is 0 Å². The zero-order valence-electron chi connectivity index (χ0n) is 12.6. The Morgan fingerprint density at radius 3 is 2.67 bits per heavy atom. The van der Waals surface area contributed by atoms with Gasteiger partial charge in [-0.05, 0) is 30.3 Å². The molecule has 2 aromatic rings. The van der Waals surface area contributed by atoms with Crippen molar-refractivity contribution in [3.8, 4) is 11.8 Å². The number of benzene rings is 1. The lowest BCUT2D eigenvalue weighted by Crippen LogP contribution is -2.19. The van der Waals surface area contributed by atoms with Gasteiger partial charge < -0.3 is 14.5 Å². The van der Waals surface area contributed by atoms with Gasteiger partial charge in [-0.15, -0.1) is 0 Å². The van der Waals surface area contributed by atoms with E-state index in [4.69, 9.17) is 9.68 Å². The number of anilines is 1. The first-order chi connectivity index (χ1) is 11.3. The molecule has 0 bridgehead atoms. The number of halogens is 3. The molecule has 0 saturated carbocycles. The first kappa shape index (κ1) is 17.4. The number of carbonyl (C=O) groups excluding carboxylic acids is 1. The van der Waals surface area contributed by atoms with Crippen LogP contribution in [0.15, 0.2) is 34.7 Å². The van der Waals surface area contributed by atoms with Gasteiger partial charge in [0.25, 0.3) is 5.91 Å². The Labute approximate surface area is 135 Å². The summed E-state index contributed by atoms with van der Waals surface area (Å²) in [6.07, 6.45) is -3.87. The van der Waals surface area contributed by atoms with E-state index in [9.17, 15) is 18.0 Å². The summed E-state index contributed by atoms with van der Waals surface area (Å²) in [6.45, 7) is 0.374. The second-order valence-corrected chi connectivity index (χ2v) is 4.80. The molecule has 24 heavy (non-hydrogen) atoms. The monoisotopic (exact) mass is 338 g/mol. The van der Waals surface area contributed by atoms with Crippen molar-refractivity contribution < 1.29 is 27.1 Å². The maximum Gasteiger partial charge on any atom is 0.422 e. The average Bonchev–Trinajstić information content (AvgIpc) is 3.02. The van der Waals surface area contributed by atoms with Crippen LogP contribution in [-0.4, -0.2) is 18.7 Å². The molecule has 5 nitrogen and oxygen atoms in total. The number of nitrogens with one attached hydrogen (secondary N) is 1. The third-order valence-electron chi connectivity index (χ3n) is 2.98. The van der Waals surface area contributed by atoms with Crippen molar-refractivity contribution in [1.29, 1.82) is 5.26 Å². The fourth-order valence-electron chi connectivity index (χ4n) is 1.86. The molecule has 1 amide bonds. The lowest BCUT2D eigenvalue weighted by Gasteiger charge is -2.11. The molecule has 0 atom stereocenters. The van der Waals surface area contributed by atoms with E-state index in [0.29, 0.717) is 12.2 Å². The van der Waals surface area contributed by atoms with Crippen LogP contribution in [0.25, 0.3) is 0 Å². The van der Waals surface area contributed by atoms with Crippen molar-refractivity contribution in [2.75, 3.05) is 11.9 Å². The van der Waals surface area contributed by atoms with E-state index in [1.54, 1.807) is 12.1 Å². The lowest BCUT2D eigenvalue weighted by atomic mass is 10.2. The molecular formula is C16H13F3N2O3. The first-order valence-electron chi connectivity index (χ1n) is 6.96. The number of nitriles is 1. The molecule has 0 spiro atoms. The fourth-order valence-corrected chi connectivity index (χ4v) is 1.86. The number of carbonyl (C=O) groups is 1. The third-order valence-corrected chi connectivity index (χ3v) is 2.98. The number of amides is 1. The van der Waals surface area contributed by atoms with Gasteiger partial charge in [-0.2, -0.15) is 18.4 Å². The molecule has 2 rings (SSSR count). The Morgan fingerprint density at radius 2 is 2.08 bits per heavy atom. The van der Waals surface area contributed by atoms with Gasteiger partial charge >= 0.3 is 6.18 Å². The highest BCUT2D eigenvalue weighted by molar-refractivity contribution is 6.02. The van der Waals surface area contributed by atoms with Crippen molar-refractivity contribution in [2.45, 2.75) is 19.5 Å². The van der Waals surface area contributed by atoms with Crippen LogP contribution in [0.1, 0.15) is 28.8 Å². The minimum Gasteiger partial charge on any atom is -0.483 e. The van der Waals surface area contributed by atoms with Crippen LogP contribution in [0.2, 0.25) is 0 Å². The van der Waals surface area contributed by atoms with Gasteiger partial charge in [-0.3, -0.25) is 4.79 Å². The van der Waals surface area contributed by atoms with Crippen LogP contribution >= 0.6 is 0 Å². The summed E-state index contributed by atoms with van der Waals surface area (Å²) in [5.74, 6) is 0.0122. The SMILES string of the molecule is CCc1ccc(C(=O)Nc2ccc(OCC(F)(F)F)c(C#N)c2)o1. The summed E-state index contributed by atoms with van der Waals surface area (Å²) in [4.78, 5) is 12.0. The predicted octanol–water partition coefficient (Wildman–Crippen LogP) is 3.91. The van der Waals surface area contributed by atoms with E-state index in [2.05, 4.69) is 10.1 Å². The van der Waals surface area contributed by atoms with Crippen LogP contribution in [-0.2, 0) is 6.42 Å². The van der Waals surface area contributed by atoms with E-state index in [1.807, 2.05) is 6.92 Å². The summed E-state index contributed by atoms with van der Waals surface area (Å²) in [7, 11) is 0. The van der Waals surface area contributed by atoms with Crippen LogP contribution in [0.4, 0.5) is 18.9 Å². The van der Waals surface area contributed by atoms with Gasteiger partial charge in [0.05, 0.1) is 5.56 Å². The second-order valence-electron chi connectivity index (χ2n) is 4.80. The average molecular weight is 338 g/mol. The summed E-state index contributed by atoms with van der Waals surface area (Å²) in [5.41, 5.74) is 0.121. The third kappa shape index (κ3) is 4.52. The number of aryl methyl sites for hydroxylation is 1. The molecule has 0 aliphatic carbocycles. The lowest BCUT2D eigenvalue weighted by molar-refractivity contribution is -0.153. The standard InChI is InChI=1S/C16H13F3N2O3/c1-2-12-4-6-14(24-12)15(22)21-11-3-5-13(10(7-11)8-20)23-9-16(17,18)19/h3-7H,2,9H2,1H3,(H,21,22). The molecule has 1 N–H and O–H groups in total. The number of ether oxygens (including phenoxy) is 1. The van der Waals surface area contributed by atoms with E-state index >= 15 is 0 Å². The number of hydrogen-bond acceptors (Lipinski definition) is 4. The highest BCUT2D eigenvalue weighted by Gasteiger charge is 2.28. The Bertz CT molecular complexity index is 776. The van der Waals surface area contributed by atoms with Gasteiger partial charge in [0, 0.05) is 12.1 Å². The summed E-state index contributed by atoms with van der Waals surface area (Å²) < 4.78 is 46.4. The molecule has 1 heterocycles. The van der Waals surface area contributed by atoms with E-state index in [-0.39, 0.29) is 22.8 Å². The zero-order chi connectivity index (χ0) is 17.7. The number of rotatable bonds is 5. The molecule has 0 unspecified atom stereocenters. The van der Waals surface area contributed by atoms with Gasteiger partial charge in [0.2, 0.25) is 0 Å². The van der Waals surface area contributed by atoms with Crippen molar-refractivity contribution in [3.63, 3.8) is 0 Å². The Balaban J connectivity index is 2.11. The largest absolute Gasteiger partial charge is 0.483 e. The predicted molar refractivity (Wildman–Crippen MR) is 78.7 cm³/mol. The van der Waals surface area contributed by atoms with E-state index < -0.39 is 18.7 Å². The molecule has 0 radical (unpaired) electrons. The van der Waals surface area contributed by atoms with Crippen molar-refractivity contribution in [3.05, 3.63) is 47.4 Å². The van der Waals surface area contributed by atoms with Crippen LogP contribution < -0.4 is 10.1 Å². The smallest absolute Gasteiger partial charge is 0.422 e. The molecular weight excluding hydrogens is 325 g/mol. The van der Waals surface area contributed by atoms with E-state index in [0.717, 1.165) is 0 Å². The van der Waals surface area contributed by atoms with Crippen LogP contribution in [0.3, 0.4) is 0 Å². The Morgan fingerprint density at radius 1 is 1.33 bits per heavy atom. The zero-order valence-corrected chi connectivity index (χ0v) is 12.6. The minimum atomic E-state index is -4.50. The van der Waals surface area contributed by atoms with Crippen LogP contribution in [0.5, 0.6) is 5.75 Å². The second kappa shape index (κ2) is 7.08.